The molecular weight excluding hydrogens is 320 g/mol. The lowest BCUT2D eigenvalue weighted by atomic mass is 9.70. The molecule has 0 radical (unpaired) electrons. The van der Waals surface area contributed by atoms with Gasteiger partial charge in [0, 0.05) is 6.61 Å². The lowest BCUT2D eigenvalue weighted by Crippen LogP contribution is -2.48. The first-order chi connectivity index (χ1) is 11.7. The SMILES string of the molecule is CC1C(C)[C@H](C(C)(C)C)O[C@@H](C)[C@@H]1C.C[C@@H]1CO[C@@H](C(C)(C)C)C[C@H]1C. The van der Waals surface area contributed by atoms with Gasteiger partial charge in [0.05, 0.1) is 18.3 Å². The van der Waals surface area contributed by atoms with Gasteiger partial charge in [-0.25, -0.2) is 0 Å². The fraction of sp³-hybridized carbons (Fsp3) is 1.00. The molecule has 26 heavy (non-hydrogen) atoms. The maximum atomic E-state index is 6.15. The lowest BCUT2D eigenvalue weighted by Gasteiger charge is -2.47. The van der Waals surface area contributed by atoms with Crippen molar-refractivity contribution < 1.29 is 9.47 Å². The van der Waals surface area contributed by atoms with E-state index in [2.05, 4.69) is 83.1 Å². The van der Waals surface area contributed by atoms with Gasteiger partial charge in [-0.15, -0.1) is 0 Å². The number of rotatable bonds is 0. The van der Waals surface area contributed by atoms with Crippen LogP contribution in [0.3, 0.4) is 0 Å². The zero-order valence-corrected chi connectivity index (χ0v) is 19.8. The van der Waals surface area contributed by atoms with E-state index in [0.29, 0.717) is 35.6 Å². The normalized spacial score (nSPS) is 42.0. The highest BCUT2D eigenvalue weighted by atomic mass is 16.5. The molecule has 0 amide bonds. The third-order valence-electron chi connectivity index (χ3n) is 7.17. The molecule has 2 heteroatoms. The van der Waals surface area contributed by atoms with Crippen LogP contribution in [0.5, 0.6) is 0 Å². The molecule has 0 aromatic heterocycles. The molecule has 2 fully saturated rings. The summed E-state index contributed by atoms with van der Waals surface area (Å²) in [5.41, 5.74) is 0.580. The van der Waals surface area contributed by atoms with Crippen molar-refractivity contribution in [2.45, 2.75) is 108 Å². The Morgan fingerprint density at radius 2 is 1.19 bits per heavy atom. The first-order valence-corrected chi connectivity index (χ1v) is 10.9. The summed E-state index contributed by atoms with van der Waals surface area (Å²) in [4.78, 5) is 0. The Hall–Kier alpha value is -0.0800. The van der Waals surface area contributed by atoms with Crippen LogP contribution in [-0.4, -0.2) is 24.9 Å². The van der Waals surface area contributed by atoms with Gasteiger partial charge in [0.1, 0.15) is 0 Å². The molecule has 2 nitrogen and oxygen atoms in total. The summed E-state index contributed by atoms with van der Waals surface area (Å²) in [6.45, 7) is 28.4. The number of ether oxygens (including phenoxy) is 2. The molecule has 0 aromatic carbocycles. The van der Waals surface area contributed by atoms with E-state index < -0.39 is 0 Å². The van der Waals surface area contributed by atoms with Crippen LogP contribution in [-0.2, 0) is 9.47 Å². The predicted octanol–water partition coefficient (Wildman–Crippen LogP) is 6.82. The molecule has 2 heterocycles. The van der Waals surface area contributed by atoms with Crippen molar-refractivity contribution in [1.29, 1.82) is 0 Å². The Bertz CT molecular complexity index is 417. The highest BCUT2D eigenvalue weighted by Crippen LogP contribution is 2.41. The lowest BCUT2D eigenvalue weighted by molar-refractivity contribution is -0.163. The van der Waals surface area contributed by atoms with Crippen LogP contribution in [0, 0.1) is 40.4 Å². The summed E-state index contributed by atoms with van der Waals surface area (Å²) < 4.78 is 12.0. The van der Waals surface area contributed by atoms with Crippen LogP contribution in [0.15, 0.2) is 0 Å². The molecule has 2 rings (SSSR count). The Kier molecular flexibility index (Phi) is 8.24. The molecular formula is C24H48O2. The molecule has 8 atom stereocenters. The molecule has 0 bridgehead atoms. The Morgan fingerprint density at radius 3 is 1.62 bits per heavy atom. The topological polar surface area (TPSA) is 18.5 Å². The van der Waals surface area contributed by atoms with Gasteiger partial charge < -0.3 is 9.47 Å². The minimum atomic E-state index is 0.266. The smallest absolute Gasteiger partial charge is 0.0655 e. The average Bonchev–Trinajstić information content (AvgIpc) is 2.50. The van der Waals surface area contributed by atoms with E-state index in [9.17, 15) is 0 Å². The van der Waals surface area contributed by atoms with Gasteiger partial charge in [-0.2, -0.15) is 0 Å². The number of hydrogen-bond donors (Lipinski definition) is 0. The maximum Gasteiger partial charge on any atom is 0.0655 e. The molecule has 2 aliphatic heterocycles. The van der Waals surface area contributed by atoms with Gasteiger partial charge in [0.2, 0.25) is 0 Å². The molecule has 0 spiro atoms. The Labute approximate surface area is 164 Å². The molecule has 0 aliphatic carbocycles. The van der Waals surface area contributed by atoms with E-state index >= 15 is 0 Å². The van der Waals surface area contributed by atoms with Gasteiger partial charge in [-0.3, -0.25) is 0 Å². The van der Waals surface area contributed by atoms with Crippen LogP contribution in [0.4, 0.5) is 0 Å². The van der Waals surface area contributed by atoms with Crippen molar-refractivity contribution in [3.8, 4) is 0 Å². The van der Waals surface area contributed by atoms with Crippen molar-refractivity contribution in [2.24, 2.45) is 40.4 Å². The minimum Gasteiger partial charge on any atom is -0.377 e. The summed E-state index contributed by atoms with van der Waals surface area (Å²) in [6, 6.07) is 0. The largest absolute Gasteiger partial charge is 0.377 e. The van der Waals surface area contributed by atoms with E-state index in [1.54, 1.807) is 0 Å². The third-order valence-corrected chi connectivity index (χ3v) is 7.17. The third kappa shape index (κ3) is 6.23. The fourth-order valence-electron chi connectivity index (χ4n) is 4.33. The van der Waals surface area contributed by atoms with Crippen LogP contribution in [0.2, 0.25) is 0 Å². The van der Waals surface area contributed by atoms with Gasteiger partial charge in [0.15, 0.2) is 0 Å². The van der Waals surface area contributed by atoms with E-state index in [-0.39, 0.29) is 5.41 Å². The summed E-state index contributed by atoms with van der Waals surface area (Å²) >= 11 is 0. The quantitative estimate of drug-likeness (QED) is 0.467. The van der Waals surface area contributed by atoms with E-state index in [0.717, 1.165) is 24.4 Å². The zero-order valence-electron chi connectivity index (χ0n) is 19.8. The second-order valence-electron chi connectivity index (χ2n) is 11.6. The summed E-state index contributed by atoms with van der Waals surface area (Å²) in [5.74, 6) is 3.68. The van der Waals surface area contributed by atoms with E-state index in [1.807, 2.05) is 0 Å². The predicted molar refractivity (Wildman–Crippen MR) is 113 cm³/mol. The van der Waals surface area contributed by atoms with Crippen molar-refractivity contribution in [3.63, 3.8) is 0 Å². The van der Waals surface area contributed by atoms with Crippen LogP contribution >= 0.6 is 0 Å². The molecule has 2 unspecified atom stereocenters. The van der Waals surface area contributed by atoms with Crippen molar-refractivity contribution in [2.75, 3.05) is 6.61 Å². The van der Waals surface area contributed by atoms with Gasteiger partial charge in [0.25, 0.3) is 0 Å². The van der Waals surface area contributed by atoms with E-state index in [4.69, 9.17) is 9.47 Å². The first-order valence-electron chi connectivity index (χ1n) is 10.9. The molecule has 2 aliphatic rings. The summed E-state index contributed by atoms with van der Waals surface area (Å²) in [7, 11) is 0. The van der Waals surface area contributed by atoms with Crippen molar-refractivity contribution in [3.05, 3.63) is 0 Å². The van der Waals surface area contributed by atoms with Crippen LogP contribution in [0.25, 0.3) is 0 Å². The van der Waals surface area contributed by atoms with Crippen LogP contribution < -0.4 is 0 Å². The van der Waals surface area contributed by atoms with Crippen molar-refractivity contribution in [1.82, 2.24) is 0 Å². The van der Waals surface area contributed by atoms with Crippen molar-refractivity contribution >= 4 is 0 Å². The van der Waals surface area contributed by atoms with E-state index in [1.165, 1.54) is 6.42 Å². The monoisotopic (exact) mass is 368 g/mol. The molecule has 0 N–H and O–H groups in total. The van der Waals surface area contributed by atoms with Crippen LogP contribution in [0.1, 0.15) is 89.5 Å². The molecule has 0 aromatic rings. The number of hydrogen-bond acceptors (Lipinski definition) is 2. The first kappa shape index (κ1) is 24.0. The van der Waals surface area contributed by atoms with Gasteiger partial charge in [-0.1, -0.05) is 76.2 Å². The molecule has 0 saturated carbocycles. The fourth-order valence-corrected chi connectivity index (χ4v) is 4.33. The summed E-state index contributed by atoms with van der Waals surface area (Å²) in [5, 5.41) is 0. The molecule has 2 saturated heterocycles. The second-order valence-corrected chi connectivity index (χ2v) is 11.6. The highest BCUT2D eigenvalue weighted by molar-refractivity contribution is 4.89. The molecule has 156 valence electrons. The average molecular weight is 369 g/mol. The highest BCUT2D eigenvalue weighted by Gasteiger charge is 2.42. The maximum absolute atomic E-state index is 6.15. The Balaban J connectivity index is 0.000000263. The Morgan fingerprint density at radius 1 is 0.654 bits per heavy atom. The standard InChI is InChI=1S/C13H26O.C11H22O/c1-8-9(2)11(4)14-12(10(8)3)13(5,6)7;1-8-6-10(11(3,4)5)12-7-9(8)2/h8-12H,1-7H3;8-10H,6-7H2,1-5H3/t8?,9-,10?,11+,12-;8-,9-,10-/m11/s1. The van der Waals surface area contributed by atoms with Gasteiger partial charge in [-0.05, 0) is 53.8 Å². The van der Waals surface area contributed by atoms with Gasteiger partial charge >= 0.3 is 0 Å². The summed E-state index contributed by atoms with van der Waals surface area (Å²) in [6.07, 6.45) is 2.50. The second kappa shape index (κ2) is 8.95. The minimum absolute atomic E-state index is 0.266. The zero-order chi connectivity index (χ0) is 20.4.